The molecule has 0 radical (unpaired) electrons. The van der Waals surface area contributed by atoms with Gasteiger partial charge in [0, 0.05) is 0 Å². The van der Waals surface area contributed by atoms with Gasteiger partial charge in [0.25, 0.3) is 0 Å². The number of nitrogens with one attached hydrogen (secondary N) is 3. The monoisotopic (exact) mass is 452 g/mol. The Morgan fingerprint density at radius 2 is 1.34 bits per heavy atom. The Kier molecular flexibility index (Phi) is 11.3. The van der Waals surface area contributed by atoms with Crippen molar-refractivity contribution in [2.24, 2.45) is 11.7 Å². The van der Waals surface area contributed by atoms with E-state index in [0.717, 1.165) is 5.56 Å². The molecule has 1 rings (SSSR count). The third-order valence-electron chi connectivity index (χ3n) is 4.59. The molecule has 0 aliphatic heterocycles. The number of carbonyl (C=O) groups is 4. The normalized spacial score (nSPS) is 14.7. The Morgan fingerprint density at radius 3 is 1.84 bits per heavy atom. The van der Waals surface area contributed by atoms with Crippen LogP contribution in [0.5, 0.6) is 0 Å². The van der Waals surface area contributed by atoms with Crippen LogP contribution in [0.25, 0.3) is 0 Å². The van der Waals surface area contributed by atoms with Crippen LogP contribution in [0.4, 0.5) is 0 Å². The number of amides is 3. The SMILES string of the molecule is CC(C)CC(NC(=O)C(CO)NC(=O)C(N)Cc1ccccc1)C(=O)NC(CO)C(=O)O. The van der Waals surface area contributed by atoms with Gasteiger partial charge in [-0.15, -0.1) is 0 Å². The maximum atomic E-state index is 12.6. The molecule has 178 valence electrons. The molecule has 1 aromatic rings. The molecule has 1 aromatic carbocycles. The molecule has 4 unspecified atom stereocenters. The van der Waals surface area contributed by atoms with Crippen LogP contribution < -0.4 is 21.7 Å². The zero-order chi connectivity index (χ0) is 24.3. The second-order valence-corrected chi connectivity index (χ2v) is 7.81. The quantitative estimate of drug-likeness (QED) is 0.181. The number of carboxylic acids is 1. The van der Waals surface area contributed by atoms with E-state index in [1.165, 1.54) is 0 Å². The van der Waals surface area contributed by atoms with Crippen molar-refractivity contribution in [1.82, 2.24) is 16.0 Å². The summed E-state index contributed by atoms with van der Waals surface area (Å²) in [4.78, 5) is 48.5. The second-order valence-electron chi connectivity index (χ2n) is 7.81. The van der Waals surface area contributed by atoms with Gasteiger partial charge < -0.3 is 37.0 Å². The van der Waals surface area contributed by atoms with E-state index in [0.29, 0.717) is 0 Å². The Morgan fingerprint density at radius 1 is 0.844 bits per heavy atom. The van der Waals surface area contributed by atoms with Crippen molar-refractivity contribution in [2.75, 3.05) is 13.2 Å². The van der Waals surface area contributed by atoms with Gasteiger partial charge >= 0.3 is 5.97 Å². The topological polar surface area (TPSA) is 191 Å². The maximum absolute atomic E-state index is 12.6. The largest absolute Gasteiger partial charge is 0.480 e. The van der Waals surface area contributed by atoms with Crippen molar-refractivity contribution in [3.63, 3.8) is 0 Å². The van der Waals surface area contributed by atoms with Crippen molar-refractivity contribution < 1.29 is 34.5 Å². The number of hydrogen-bond acceptors (Lipinski definition) is 7. The molecule has 32 heavy (non-hydrogen) atoms. The first-order chi connectivity index (χ1) is 15.1. The number of rotatable bonds is 13. The Labute approximate surface area is 186 Å². The van der Waals surface area contributed by atoms with Crippen molar-refractivity contribution in [1.29, 1.82) is 0 Å². The smallest absolute Gasteiger partial charge is 0.328 e. The average Bonchev–Trinajstić information content (AvgIpc) is 2.74. The number of carboxylic acid groups (broad SMARTS) is 1. The molecule has 0 aliphatic rings. The molecule has 0 bridgehead atoms. The highest BCUT2D eigenvalue weighted by Gasteiger charge is 2.30. The van der Waals surface area contributed by atoms with Gasteiger partial charge in [0.15, 0.2) is 0 Å². The maximum Gasteiger partial charge on any atom is 0.328 e. The molecule has 3 amide bonds. The van der Waals surface area contributed by atoms with E-state index in [9.17, 15) is 24.3 Å². The zero-order valence-electron chi connectivity index (χ0n) is 18.2. The number of aliphatic hydroxyl groups is 2. The summed E-state index contributed by atoms with van der Waals surface area (Å²) in [6.07, 6.45) is 0.386. The number of carbonyl (C=O) groups excluding carboxylic acids is 3. The Balaban J connectivity index is 2.79. The van der Waals surface area contributed by atoms with Gasteiger partial charge in [0.2, 0.25) is 17.7 Å². The minimum absolute atomic E-state index is 0.0510. The van der Waals surface area contributed by atoms with Crippen LogP contribution >= 0.6 is 0 Å². The van der Waals surface area contributed by atoms with E-state index in [1.54, 1.807) is 38.1 Å². The molecule has 0 spiro atoms. The Bertz CT molecular complexity index is 773. The highest BCUT2D eigenvalue weighted by Crippen LogP contribution is 2.07. The third kappa shape index (κ3) is 9.00. The van der Waals surface area contributed by atoms with Crippen molar-refractivity contribution in [3.8, 4) is 0 Å². The van der Waals surface area contributed by atoms with Crippen LogP contribution in [-0.2, 0) is 25.6 Å². The van der Waals surface area contributed by atoms with E-state index >= 15 is 0 Å². The molecule has 4 atom stereocenters. The summed E-state index contributed by atoms with van der Waals surface area (Å²) in [6.45, 7) is 2.03. The van der Waals surface area contributed by atoms with Crippen LogP contribution in [0.3, 0.4) is 0 Å². The average molecular weight is 453 g/mol. The first kappa shape index (κ1) is 27.0. The lowest BCUT2D eigenvalue weighted by Gasteiger charge is -2.25. The van der Waals surface area contributed by atoms with E-state index in [4.69, 9.17) is 15.9 Å². The molecule has 0 fully saturated rings. The number of hydrogen-bond donors (Lipinski definition) is 7. The Hall–Kier alpha value is -3.02. The first-order valence-corrected chi connectivity index (χ1v) is 10.2. The van der Waals surface area contributed by atoms with E-state index in [-0.39, 0.29) is 18.8 Å². The van der Waals surface area contributed by atoms with E-state index in [2.05, 4.69) is 16.0 Å². The lowest BCUT2D eigenvalue weighted by Crippen LogP contribution is -2.58. The van der Waals surface area contributed by atoms with Crippen LogP contribution in [-0.4, -0.2) is 76.4 Å². The molecule has 8 N–H and O–H groups in total. The first-order valence-electron chi connectivity index (χ1n) is 10.2. The standard InChI is InChI=1S/C21H32N4O7/c1-12(2)8-15(19(29)25-17(11-27)21(31)32)23-20(30)16(10-26)24-18(28)14(22)9-13-6-4-3-5-7-13/h3-7,12,14-17,26-27H,8-11,22H2,1-2H3,(H,23,30)(H,24,28)(H,25,29)(H,31,32). The summed E-state index contributed by atoms with van der Waals surface area (Å²) in [6, 6.07) is 4.04. The van der Waals surface area contributed by atoms with Crippen LogP contribution in [0.1, 0.15) is 25.8 Å². The van der Waals surface area contributed by atoms with Gasteiger partial charge in [-0.05, 0) is 24.3 Å². The number of nitrogens with two attached hydrogens (primary N) is 1. The van der Waals surface area contributed by atoms with Gasteiger partial charge in [-0.1, -0.05) is 44.2 Å². The summed E-state index contributed by atoms with van der Waals surface area (Å²) in [5.74, 6) is -3.77. The summed E-state index contributed by atoms with van der Waals surface area (Å²) in [7, 11) is 0. The van der Waals surface area contributed by atoms with E-state index < -0.39 is 61.1 Å². The predicted octanol–water partition coefficient (Wildman–Crippen LogP) is -1.87. The molecule has 0 heterocycles. The van der Waals surface area contributed by atoms with Crippen LogP contribution in [0.15, 0.2) is 30.3 Å². The van der Waals surface area contributed by atoms with Gasteiger partial charge in [-0.2, -0.15) is 0 Å². The molecule has 0 saturated heterocycles. The molecule has 0 saturated carbocycles. The minimum atomic E-state index is -1.53. The van der Waals surface area contributed by atoms with Gasteiger partial charge in [0.1, 0.15) is 18.1 Å². The van der Waals surface area contributed by atoms with Gasteiger partial charge in [-0.3, -0.25) is 14.4 Å². The van der Waals surface area contributed by atoms with Gasteiger partial charge in [-0.25, -0.2) is 4.79 Å². The third-order valence-corrected chi connectivity index (χ3v) is 4.59. The molecular formula is C21H32N4O7. The number of aliphatic carboxylic acids is 1. The van der Waals surface area contributed by atoms with Gasteiger partial charge in [0.05, 0.1) is 19.3 Å². The van der Waals surface area contributed by atoms with E-state index in [1.807, 2.05) is 6.07 Å². The fourth-order valence-corrected chi connectivity index (χ4v) is 2.87. The second kappa shape index (κ2) is 13.4. The molecule has 0 aliphatic carbocycles. The fourth-order valence-electron chi connectivity index (χ4n) is 2.87. The summed E-state index contributed by atoms with van der Waals surface area (Å²) in [5, 5.41) is 34.6. The van der Waals surface area contributed by atoms with Crippen LogP contribution in [0, 0.1) is 5.92 Å². The fraction of sp³-hybridized carbons (Fsp3) is 0.524. The van der Waals surface area contributed by atoms with Crippen molar-refractivity contribution in [3.05, 3.63) is 35.9 Å². The lowest BCUT2D eigenvalue weighted by atomic mass is 10.0. The molecule has 11 nitrogen and oxygen atoms in total. The lowest BCUT2D eigenvalue weighted by molar-refractivity contribution is -0.143. The number of aliphatic hydroxyl groups excluding tert-OH is 2. The molecular weight excluding hydrogens is 420 g/mol. The number of benzene rings is 1. The summed E-state index contributed by atoms with van der Waals surface area (Å²) < 4.78 is 0. The van der Waals surface area contributed by atoms with Crippen molar-refractivity contribution in [2.45, 2.75) is 50.9 Å². The highest BCUT2D eigenvalue weighted by atomic mass is 16.4. The molecule has 0 aromatic heterocycles. The minimum Gasteiger partial charge on any atom is -0.480 e. The zero-order valence-corrected chi connectivity index (χ0v) is 18.2. The highest BCUT2D eigenvalue weighted by molar-refractivity contribution is 5.94. The van der Waals surface area contributed by atoms with Crippen LogP contribution in [0.2, 0.25) is 0 Å². The van der Waals surface area contributed by atoms with Crippen molar-refractivity contribution >= 4 is 23.7 Å². The summed E-state index contributed by atoms with van der Waals surface area (Å²) in [5.41, 5.74) is 6.72. The summed E-state index contributed by atoms with van der Waals surface area (Å²) >= 11 is 0. The predicted molar refractivity (Wildman–Crippen MR) is 115 cm³/mol. The molecule has 11 heteroatoms.